The molecule has 1 aliphatic heterocycles. The number of aromatic nitrogens is 2. The van der Waals surface area contributed by atoms with Gasteiger partial charge in [0.2, 0.25) is 0 Å². The normalized spacial score (nSPS) is 22.9. The van der Waals surface area contributed by atoms with Crippen molar-refractivity contribution < 1.29 is 4.79 Å². The van der Waals surface area contributed by atoms with E-state index < -0.39 is 0 Å². The van der Waals surface area contributed by atoms with Gasteiger partial charge in [-0.1, -0.05) is 0 Å². The first-order chi connectivity index (χ1) is 6.75. The molecule has 0 bridgehead atoms. The zero-order chi connectivity index (χ0) is 9.97. The molecule has 0 N–H and O–H groups in total. The van der Waals surface area contributed by atoms with E-state index in [1.165, 1.54) is 6.33 Å². The number of ketones is 1. The number of hydrogen-bond donors (Lipinski definition) is 0. The molecule has 0 unspecified atom stereocenters. The molecule has 0 spiro atoms. The Morgan fingerprint density at radius 3 is 3.07 bits per heavy atom. The summed E-state index contributed by atoms with van der Waals surface area (Å²) in [6.45, 7) is 3.38. The zero-order valence-electron chi connectivity index (χ0n) is 8.18. The number of carbonyl (C=O) groups excluding carboxylic acids is 1. The first-order valence-electron chi connectivity index (χ1n) is 4.76. The molecule has 0 aromatic carbocycles. The summed E-state index contributed by atoms with van der Waals surface area (Å²) >= 11 is 0. The Labute approximate surface area is 83.0 Å². The zero-order valence-corrected chi connectivity index (χ0v) is 8.18. The van der Waals surface area contributed by atoms with Crippen molar-refractivity contribution in [1.82, 2.24) is 14.9 Å². The average molecular weight is 191 g/mol. The van der Waals surface area contributed by atoms with E-state index in [-0.39, 0.29) is 0 Å². The van der Waals surface area contributed by atoms with Crippen LogP contribution in [0.25, 0.3) is 0 Å². The van der Waals surface area contributed by atoms with E-state index in [0.29, 0.717) is 24.8 Å². The van der Waals surface area contributed by atoms with Crippen molar-refractivity contribution in [2.24, 2.45) is 0 Å². The van der Waals surface area contributed by atoms with Crippen molar-refractivity contribution in [1.29, 1.82) is 0 Å². The van der Waals surface area contributed by atoms with Crippen molar-refractivity contribution in [2.45, 2.75) is 25.9 Å². The fraction of sp³-hybridized carbons (Fsp3) is 0.500. The summed E-state index contributed by atoms with van der Waals surface area (Å²) in [4.78, 5) is 21.3. The second-order valence-electron chi connectivity index (χ2n) is 3.70. The quantitative estimate of drug-likeness (QED) is 0.688. The molecule has 4 nitrogen and oxygen atoms in total. The van der Waals surface area contributed by atoms with E-state index in [1.807, 2.05) is 6.07 Å². The van der Waals surface area contributed by atoms with Crippen LogP contribution in [0.2, 0.25) is 0 Å². The molecule has 1 aromatic heterocycles. The molecule has 74 valence electrons. The molecule has 4 heteroatoms. The highest BCUT2D eigenvalue weighted by atomic mass is 16.1. The lowest BCUT2D eigenvalue weighted by Gasteiger charge is -2.18. The largest absolute Gasteiger partial charge is 0.298 e. The van der Waals surface area contributed by atoms with Gasteiger partial charge in [0.15, 0.2) is 0 Å². The van der Waals surface area contributed by atoms with E-state index in [2.05, 4.69) is 21.8 Å². The minimum Gasteiger partial charge on any atom is -0.298 e. The average Bonchev–Trinajstić information content (AvgIpc) is 2.47. The SMILES string of the molecule is C[C@H]1CC(=O)CN1Cc1ccncn1. The number of rotatable bonds is 2. The lowest BCUT2D eigenvalue weighted by molar-refractivity contribution is -0.116. The predicted octanol–water partition coefficient (Wildman–Crippen LogP) is 0.640. The maximum Gasteiger partial charge on any atom is 0.148 e. The summed E-state index contributed by atoms with van der Waals surface area (Å²) in [6, 6.07) is 2.23. The third kappa shape index (κ3) is 1.96. The van der Waals surface area contributed by atoms with Gasteiger partial charge in [0.05, 0.1) is 12.2 Å². The number of nitrogens with zero attached hydrogens (tertiary/aromatic N) is 3. The number of Topliss-reactive ketones (excluding diaryl/α,β-unsaturated/α-hetero) is 1. The van der Waals surface area contributed by atoms with E-state index in [1.54, 1.807) is 6.20 Å². The monoisotopic (exact) mass is 191 g/mol. The predicted molar refractivity (Wildman–Crippen MR) is 51.5 cm³/mol. The first kappa shape index (κ1) is 9.27. The van der Waals surface area contributed by atoms with Gasteiger partial charge in [-0.05, 0) is 13.0 Å². The van der Waals surface area contributed by atoms with Gasteiger partial charge in [-0.25, -0.2) is 9.97 Å². The van der Waals surface area contributed by atoms with Gasteiger partial charge in [-0.3, -0.25) is 9.69 Å². The Kier molecular flexibility index (Phi) is 2.54. The summed E-state index contributed by atoms with van der Waals surface area (Å²) < 4.78 is 0. The molecule has 1 atom stereocenters. The highest BCUT2D eigenvalue weighted by Crippen LogP contribution is 2.15. The van der Waals surface area contributed by atoms with E-state index in [4.69, 9.17) is 0 Å². The molecule has 0 radical (unpaired) electrons. The van der Waals surface area contributed by atoms with Crippen LogP contribution in [0.3, 0.4) is 0 Å². The molecule has 0 aliphatic carbocycles. The van der Waals surface area contributed by atoms with E-state index in [0.717, 1.165) is 12.2 Å². The lowest BCUT2D eigenvalue weighted by Crippen LogP contribution is -2.27. The van der Waals surface area contributed by atoms with Gasteiger partial charge in [0.1, 0.15) is 12.1 Å². The fourth-order valence-corrected chi connectivity index (χ4v) is 1.74. The van der Waals surface area contributed by atoms with Gasteiger partial charge in [0, 0.05) is 25.2 Å². The van der Waals surface area contributed by atoms with Crippen LogP contribution in [-0.4, -0.2) is 33.2 Å². The molecule has 1 fully saturated rings. The van der Waals surface area contributed by atoms with Crippen LogP contribution >= 0.6 is 0 Å². The summed E-state index contributed by atoms with van der Waals surface area (Å²) in [5.41, 5.74) is 0.974. The van der Waals surface area contributed by atoms with Crippen LogP contribution in [0, 0.1) is 0 Å². The Hall–Kier alpha value is -1.29. The van der Waals surface area contributed by atoms with Crippen molar-refractivity contribution in [3.63, 3.8) is 0 Å². The smallest absolute Gasteiger partial charge is 0.148 e. The molecular formula is C10H13N3O. The van der Waals surface area contributed by atoms with Gasteiger partial charge in [-0.2, -0.15) is 0 Å². The van der Waals surface area contributed by atoms with E-state index in [9.17, 15) is 4.79 Å². The van der Waals surface area contributed by atoms with Crippen LogP contribution in [0.15, 0.2) is 18.6 Å². The number of carbonyl (C=O) groups is 1. The highest BCUT2D eigenvalue weighted by molar-refractivity contribution is 5.83. The minimum atomic E-state index is 0.326. The summed E-state index contributed by atoms with van der Waals surface area (Å²) in [6.07, 6.45) is 3.94. The minimum absolute atomic E-state index is 0.326. The summed E-state index contributed by atoms with van der Waals surface area (Å²) in [5, 5.41) is 0. The fourth-order valence-electron chi connectivity index (χ4n) is 1.74. The van der Waals surface area contributed by atoms with Crippen LogP contribution in [-0.2, 0) is 11.3 Å². The topological polar surface area (TPSA) is 46.1 Å². The molecular weight excluding hydrogens is 178 g/mol. The standard InChI is InChI=1S/C10H13N3O/c1-8-4-10(14)6-13(8)5-9-2-3-11-7-12-9/h2-3,7-8H,4-6H2,1H3/t8-/m0/s1. The van der Waals surface area contributed by atoms with Gasteiger partial charge in [0.25, 0.3) is 0 Å². The van der Waals surface area contributed by atoms with Crippen molar-refractivity contribution in [2.75, 3.05) is 6.54 Å². The maximum atomic E-state index is 11.2. The number of likely N-dealkylation sites (tertiary alicyclic amines) is 1. The van der Waals surface area contributed by atoms with Gasteiger partial charge >= 0.3 is 0 Å². The van der Waals surface area contributed by atoms with Crippen LogP contribution in [0.4, 0.5) is 0 Å². The third-order valence-electron chi connectivity index (χ3n) is 2.53. The van der Waals surface area contributed by atoms with Crippen molar-refractivity contribution in [3.05, 3.63) is 24.3 Å². The van der Waals surface area contributed by atoms with Gasteiger partial charge < -0.3 is 0 Å². The van der Waals surface area contributed by atoms with Crippen LogP contribution in [0.5, 0.6) is 0 Å². The van der Waals surface area contributed by atoms with Crippen LogP contribution in [0.1, 0.15) is 19.0 Å². The van der Waals surface area contributed by atoms with Crippen molar-refractivity contribution in [3.8, 4) is 0 Å². The second kappa shape index (κ2) is 3.84. The molecule has 1 aromatic rings. The Bertz CT molecular complexity index is 325. The van der Waals surface area contributed by atoms with Crippen molar-refractivity contribution >= 4 is 5.78 Å². The molecule has 0 amide bonds. The van der Waals surface area contributed by atoms with Gasteiger partial charge in [-0.15, -0.1) is 0 Å². The molecule has 1 saturated heterocycles. The Morgan fingerprint density at radius 1 is 1.64 bits per heavy atom. The summed E-state index contributed by atoms with van der Waals surface area (Å²) in [5.74, 6) is 0.326. The lowest BCUT2D eigenvalue weighted by atomic mass is 10.2. The first-order valence-corrected chi connectivity index (χ1v) is 4.76. The molecule has 2 rings (SSSR count). The highest BCUT2D eigenvalue weighted by Gasteiger charge is 2.26. The molecule has 14 heavy (non-hydrogen) atoms. The number of hydrogen-bond acceptors (Lipinski definition) is 4. The third-order valence-corrected chi connectivity index (χ3v) is 2.53. The summed E-state index contributed by atoms with van der Waals surface area (Å²) in [7, 11) is 0. The Balaban J connectivity index is 2.02. The van der Waals surface area contributed by atoms with E-state index >= 15 is 0 Å². The second-order valence-corrected chi connectivity index (χ2v) is 3.70. The Morgan fingerprint density at radius 2 is 2.50 bits per heavy atom. The van der Waals surface area contributed by atoms with Crippen LogP contribution < -0.4 is 0 Å². The molecule has 2 heterocycles. The maximum absolute atomic E-state index is 11.2. The molecule has 0 saturated carbocycles. The molecule has 1 aliphatic rings.